The van der Waals surface area contributed by atoms with E-state index < -0.39 is 0 Å². The standard InChI is InChI=1S/C18H16N2O3/c1-12-7-17(21)23-18-14(12)4-5-16-15(18)10-20(11-22-16)9-13-3-2-6-19-8-13/h2-8H,9-11H2,1H3. The van der Waals surface area contributed by atoms with Gasteiger partial charge in [-0.25, -0.2) is 4.79 Å². The smallest absolute Gasteiger partial charge is 0.336 e. The van der Waals surface area contributed by atoms with Crippen LogP contribution in [0.1, 0.15) is 16.7 Å². The van der Waals surface area contributed by atoms with Gasteiger partial charge in [0.05, 0.1) is 5.56 Å². The quantitative estimate of drug-likeness (QED) is 0.681. The zero-order valence-corrected chi connectivity index (χ0v) is 12.8. The molecule has 0 spiro atoms. The highest BCUT2D eigenvalue weighted by atomic mass is 16.5. The van der Waals surface area contributed by atoms with E-state index in [9.17, 15) is 4.79 Å². The predicted molar refractivity (Wildman–Crippen MR) is 86.2 cm³/mol. The number of fused-ring (bicyclic) bond motifs is 3. The summed E-state index contributed by atoms with van der Waals surface area (Å²) in [7, 11) is 0. The Bertz CT molecular complexity index is 919. The Hall–Kier alpha value is -2.66. The van der Waals surface area contributed by atoms with Gasteiger partial charge in [0.1, 0.15) is 18.1 Å². The summed E-state index contributed by atoms with van der Waals surface area (Å²) in [5, 5.41) is 0.954. The number of hydrogen-bond acceptors (Lipinski definition) is 5. The number of aromatic nitrogens is 1. The van der Waals surface area contributed by atoms with Crippen LogP contribution in [0.5, 0.6) is 5.75 Å². The minimum absolute atomic E-state index is 0.326. The third-order valence-corrected chi connectivity index (χ3v) is 4.09. The molecule has 116 valence electrons. The molecular formula is C18H16N2O3. The summed E-state index contributed by atoms with van der Waals surface area (Å²) in [4.78, 5) is 18.0. The van der Waals surface area contributed by atoms with Gasteiger partial charge < -0.3 is 9.15 Å². The minimum Gasteiger partial charge on any atom is -0.478 e. The predicted octanol–water partition coefficient (Wildman–Crippen LogP) is 2.85. The Balaban J connectivity index is 1.73. The van der Waals surface area contributed by atoms with E-state index in [0.29, 0.717) is 18.9 Å². The van der Waals surface area contributed by atoms with E-state index in [-0.39, 0.29) is 5.63 Å². The van der Waals surface area contributed by atoms with Crippen molar-refractivity contribution in [2.24, 2.45) is 0 Å². The van der Waals surface area contributed by atoms with Gasteiger partial charge >= 0.3 is 5.63 Å². The normalized spacial score (nSPS) is 14.5. The molecule has 5 heteroatoms. The lowest BCUT2D eigenvalue weighted by Crippen LogP contribution is -2.31. The number of nitrogens with zero attached hydrogens (tertiary/aromatic N) is 2. The van der Waals surface area contributed by atoms with Gasteiger partial charge in [-0.05, 0) is 36.2 Å². The molecule has 5 nitrogen and oxygen atoms in total. The van der Waals surface area contributed by atoms with Crippen LogP contribution in [0.25, 0.3) is 11.0 Å². The molecular weight excluding hydrogens is 292 g/mol. The summed E-state index contributed by atoms with van der Waals surface area (Å²) in [6, 6.07) is 9.38. The summed E-state index contributed by atoms with van der Waals surface area (Å²) >= 11 is 0. The first-order chi connectivity index (χ1) is 11.2. The van der Waals surface area contributed by atoms with E-state index >= 15 is 0 Å². The minimum atomic E-state index is -0.326. The van der Waals surface area contributed by atoms with Crippen LogP contribution in [0.3, 0.4) is 0 Å². The van der Waals surface area contributed by atoms with Crippen molar-refractivity contribution in [1.29, 1.82) is 0 Å². The Kier molecular flexibility index (Phi) is 3.35. The van der Waals surface area contributed by atoms with Crippen molar-refractivity contribution < 1.29 is 9.15 Å². The first-order valence-electron chi connectivity index (χ1n) is 7.51. The van der Waals surface area contributed by atoms with Crippen LogP contribution in [0.4, 0.5) is 0 Å². The van der Waals surface area contributed by atoms with E-state index in [1.165, 1.54) is 6.07 Å². The molecule has 0 atom stereocenters. The van der Waals surface area contributed by atoms with Crippen LogP contribution in [0, 0.1) is 6.92 Å². The molecule has 0 radical (unpaired) electrons. The molecule has 1 aliphatic heterocycles. The van der Waals surface area contributed by atoms with Gasteiger partial charge in [0.2, 0.25) is 0 Å². The first kappa shape index (κ1) is 14.0. The number of aryl methyl sites for hydroxylation is 1. The van der Waals surface area contributed by atoms with Gasteiger partial charge in [-0.15, -0.1) is 0 Å². The summed E-state index contributed by atoms with van der Waals surface area (Å²) in [6.07, 6.45) is 3.61. The average molecular weight is 308 g/mol. The van der Waals surface area contributed by atoms with Gasteiger partial charge in [0.25, 0.3) is 0 Å². The maximum absolute atomic E-state index is 11.7. The van der Waals surface area contributed by atoms with E-state index in [1.54, 1.807) is 6.20 Å². The van der Waals surface area contributed by atoms with Crippen molar-refractivity contribution in [3.8, 4) is 5.75 Å². The van der Waals surface area contributed by atoms with Crippen molar-refractivity contribution in [3.63, 3.8) is 0 Å². The van der Waals surface area contributed by atoms with Crippen molar-refractivity contribution in [1.82, 2.24) is 9.88 Å². The lowest BCUT2D eigenvalue weighted by molar-refractivity contribution is 0.0889. The van der Waals surface area contributed by atoms with Crippen molar-refractivity contribution >= 4 is 11.0 Å². The second-order valence-electron chi connectivity index (χ2n) is 5.79. The fourth-order valence-electron chi connectivity index (χ4n) is 2.99. The summed E-state index contributed by atoms with van der Waals surface area (Å²) in [5.41, 5.74) is 3.27. The van der Waals surface area contributed by atoms with Crippen LogP contribution in [0.2, 0.25) is 0 Å². The monoisotopic (exact) mass is 308 g/mol. The second kappa shape index (κ2) is 5.52. The van der Waals surface area contributed by atoms with Crippen LogP contribution >= 0.6 is 0 Å². The van der Waals surface area contributed by atoms with Crippen LogP contribution in [-0.2, 0) is 13.1 Å². The number of benzene rings is 1. The number of pyridine rings is 1. The highest BCUT2D eigenvalue weighted by Crippen LogP contribution is 2.33. The SMILES string of the molecule is Cc1cc(=O)oc2c3c(ccc12)OCN(Cc1cccnc1)C3. The molecule has 0 aliphatic carbocycles. The topological polar surface area (TPSA) is 55.6 Å². The second-order valence-corrected chi connectivity index (χ2v) is 5.79. The molecule has 0 saturated heterocycles. The molecule has 2 aromatic heterocycles. The number of ether oxygens (including phenoxy) is 1. The lowest BCUT2D eigenvalue weighted by atomic mass is 10.0. The molecule has 3 aromatic rings. The molecule has 3 heterocycles. The Morgan fingerprint density at radius 2 is 2.22 bits per heavy atom. The molecule has 0 bridgehead atoms. The third kappa shape index (κ3) is 2.59. The maximum Gasteiger partial charge on any atom is 0.336 e. The van der Waals surface area contributed by atoms with Crippen LogP contribution < -0.4 is 10.4 Å². The van der Waals surface area contributed by atoms with Crippen molar-refractivity contribution in [2.75, 3.05) is 6.73 Å². The number of hydrogen-bond donors (Lipinski definition) is 0. The highest BCUT2D eigenvalue weighted by Gasteiger charge is 2.22. The largest absolute Gasteiger partial charge is 0.478 e. The third-order valence-electron chi connectivity index (χ3n) is 4.09. The molecule has 0 saturated carbocycles. The fourth-order valence-corrected chi connectivity index (χ4v) is 2.99. The molecule has 0 unspecified atom stereocenters. The molecule has 0 N–H and O–H groups in total. The summed E-state index contributed by atoms with van der Waals surface area (Å²) in [6.45, 7) is 3.83. The van der Waals surface area contributed by atoms with E-state index in [4.69, 9.17) is 9.15 Å². The van der Waals surface area contributed by atoms with E-state index in [0.717, 1.165) is 34.4 Å². The van der Waals surface area contributed by atoms with Crippen LogP contribution in [-0.4, -0.2) is 16.6 Å². The average Bonchev–Trinajstić information content (AvgIpc) is 2.55. The van der Waals surface area contributed by atoms with Crippen LogP contribution in [0.15, 0.2) is 51.9 Å². The summed E-state index contributed by atoms with van der Waals surface area (Å²) < 4.78 is 11.3. The Morgan fingerprint density at radius 3 is 3.04 bits per heavy atom. The van der Waals surface area contributed by atoms with Gasteiger partial charge in [-0.3, -0.25) is 9.88 Å². The Labute approximate surface area is 133 Å². The van der Waals surface area contributed by atoms with E-state index in [1.807, 2.05) is 37.4 Å². The fraction of sp³-hybridized carbons (Fsp3) is 0.222. The lowest BCUT2D eigenvalue weighted by Gasteiger charge is -2.29. The first-order valence-corrected chi connectivity index (χ1v) is 7.51. The molecule has 1 aliphatic rings. The highest BCUT2D eigenvalue weighted by molar-refractivity contribution is 5.85. The molecule has 23 heavy (non-hydrogen) atoms. The van der Waals surface area contributed by atoms with Gasteiger partial charge in [0.15, 0.2) is 0 Å². The summed E-state index contributed by atoms with van der Waals surface area (Å²) in [5.74, 6) is 0.786. The Morgan fingerprint density at radius 1 is 1.30 bits per heavy atom. The molecule has 0 fully saturated rings. The zero-order valence-electron chi connectivity index (χ0n) is 12.8. The molecule has 1 aromatic carbocycles. The van der Waals surface area contributed by atoms with Gasteiger partial charge in [-0.1, -0.05) is 6.07 Å². The maximum atomic E-state index is 11.7. The van der Waals surface area contributed by atoms with E-state index in [2.05, 4.69) is 9.88 Å². The van der Waals surface area contributed by atoms with Crippen molar-refractivity contribution in [3.05, 3.63) is 69.8 Å². The molecule has 4 rings (SSSR count). The zero-order chi connectivity index (χ0) is 15.8. The van der Waals surface area contributed by atoms with Gasteiger partial charge in [-0.2, -0.15) is 0 Å². The van der Waals surface area contributed by atoms with Gasteiger partial charge in [0, 0.05) is 36.9 Å². The van der Waals surface area contributed by atoms with Crippen molar-refractivity contribution in [2.45, 2.75) is 20.0 Å². The molecule has 0 amide bonds. The number of rotatable bonds is 2.